The van der Waals surface area contributed by atoms with Crippen LogP contribution in [-0.4, -0.2) is 15.9 Å². The molecule has 1 heterocycles. The van der Waals surface area contributed by atoms with Gasteiger partial charge in [-0.05, 0) is 30.5 Å². The first-order valence-corrected chi connectivity index (χ1v) is 5.88. The first-order chi connectivity index (χ1) is 7.18. The van der Waals surface area contributed by atoms with E-state index in [2.05, 4.69) is 17.1 Å². The zero-order valence-corrected chi connectivity index (χ0v) is 9.88. The standard InChI is InChI=1S/C12H15NOS/c1-10-7-12(9-13-8-10)5-3-4-6-15-11(2)14/h3,5,7-9H,4,6H2,1-2H3. The van der Waals surface area contributed by atoms with E-state index in [0.717, 1.165) is 23.3 Å². The predicted octanol–water partition coefficient (Wildman–Crippen LogP) is 3.07. The monoisotopic (exact) mass is 221 g/mol. The van der Waals surface area contributed by atoms with E-state index in [-0.39, 0.29) is 5.12 Å². The number of thioether (sulfide) groups is 1. The minimum absolute atomic E-state index is 0.181. The molecule has 0 bridgehead atoms. The van der Waals surface area contributed by atoms with E-state index < -0.39 is 0 Å². The van der Waals surface area contributed by atoms with Crippen LogP contribution < -0.4 is 0 Å². The maximum absolute atomic E-state index is 10.7. The van der Waals surface area contributed by atoms with Crippen LogP contribution in [0.25, 0.3) is 6.08 Å². The molecule has 0 radical (unpaired) electrons. The van der Waals surface area contributed by atoms with Gasteiger partial charge in [0.1, 0.15) is 0 Å². The molecule has 1 aromatic heterocycles. The van der Waals surface area contributed by atoms with Crippen molar-refractivity contribution in [3.05, 3.63) is 35.7 Å². The largest absolute Gasteiger partial charge is 0.288 e. The summed E-state index contributed by atoms with van der Waals surface area (Å²) in [7, 11) is 0. The second-order valence-electron chi connectivity index (χ2n) is 3.33. The second kappa shape index (κ2) is 6.40. The van der Waals surface area contributed by atoms with Crippen molar-refractivity contribution in [2.75, 3.05) is 5.75 Å². The maximum Gasteiger partial charge on any atom is 0.185 e. The van der Waals surface area contributed by atoms with Crippen molar-refractivity contribution in [2.45, 2.75) is 20.3 Å². The summed E-state index contributed by atoms with van der Waals surface area (Å²) in [5, 5.41) is 0.181. The predicted molar refractivity (Wildman–Crippen MR) is 65.8 cm³/mol. The Morgan fingerprint density at radius 2 is 2.33 bits per heavy atom. The van der Waals surface area contributed by atoms with Crippen LogP contribution in [0.5, 0.6) is 0 Å². The molecule has 15 heavy (non-hydrogen) atoms. The number of hydrogen-bond donors (Lipinski definition) is 0. The van der Waals surface area contributed by atoms with Crippen molar-refractivity contribution < 1.29 is 4.79 Å². The Bertz CT molecular complexity index is 360. The van der Waals surface area contributed by atoms with E-state index in [0.29, 0.717) is 0 Å². The smallest absolute Gasteiger partial charge is 0.185 e. The van der Waals surface area contributed by atoms with Gasteiger partial charge in [-0.25, -0.2) is 0 Å². The summed E-state index contributed by atoms with van der Waals surface area (Å²) in [5.41, 5.74) is 2.28. The van der Waals surface area contributed by atoms with Crippen molar-refractivity contribution in [2.24, 2.45) is 0 Å². The second-order valence-corrected chi connectivity index (χ2v) is 4.60. The molecule has 0 saturated carbocycles. The van der Waals surface area contributed by atoms with Crippen LogP contribution in [0.3, 0.4) is 0 Å². The van der Waals surface area contributed by atoms with Crippen molar-refractivity contribution >= 4 is 23.0 Å². The topological polar surface area (TPSA) is 30.0 Å². The highest BCUT2D eigenvalue weighted by atomic mass is 32.2. The Labute approximate surface area is 94.8 Å². The third-order valence-corrected chi connectivity index (χ3v) is 2.64. The first kappa shape index (κ1) is 12.0. The molecule has 0 atom stereocenters. The molecule has 0 unspecified atom stereocenters. The fraction of sp³-hybridized carbons (Fsp3) is 0.333. The minimum Gasteiger partial charge on any atom is -0.288 e. The van der Waals surface area contributed by atoms with Gasteiger partial charge in [0.2, 0.25) is 0 Å². The molecule has 0 amide bonds. The number of rotatable bonds is 4. The minimum atomic E-state index is 0.181. The molecule has 80 valence electrons. The number of hydrogen-bond acceptors (Lipinski definition) is 3. The molecule has 0 aromatic carbocycles. The molecule has 0 N–H and O–H groups in total. The number of pyridine rings is 1. The average molecular weight is 221 g/mol. The number of allylic oxidation sites excluding steroid dienone is 1. The van der Waals surface area contributed by atoms with Crippen molar-refractivity contribution in [1.29, 1.82) is 0 Å². The highest BCUT2D eigenvalue weighted by Gasteiger charge is 1.91. The fourth-order valence-electron chi connectivity index (χ4n) is 1.16. The molecule has 1 aromatic rings. The average Bonchev–Trinajstić information content (AvgIpc) is 2.17. The molecule has 2 nitrogen and oxygen atoms in total. The Hall–Kier alpha value is -1.09. The summed E-state index contributed by atoms with van der Waals surface area (Å²) in [6, 6.07) is 2.08. The summed E-state index contributed by atoms with van der Waals surface area (Å²) < 4.78 is 0. The highest BCUT2D eigenvalue weighted by molar-refractivity contribution is 8.13. The molecule has 0 aliphatic heterocycles. The van der Waals surface area contributed by atoms with E-state index >= 15 is 0 Å². The first-order valence-electron chi connectivity index (χ1n) is 4.90. The number of carbonyl (C=O) groups excluding carboxylic acids is 1. The van der Waals surface area contributed by atoms with Gasteiger partial charge in [-0.3, -0.25) is 9.78 Å². The molecule has 1 rings (SSSR count). The lowest BCUT2D eigenvalue weighted by molar-refractivity contribution is -0.109. The summed E-state index contributed by atoms with van der Waals surface area (Å²) in [6.45, 7) is 3.62. The van der Waals surface area contributed by atoms with Crippen LogP contribution in [-0.2, 0) is 4.79 Å². The lowest BCUT2D eigenvalue weighted by Gasteiger charge is -1.95. The lowest BCUT2D eigenvalue weighted by atomic mass is 10.2. The van der Waals surface area contributed by atoms with Gasteiger partial charge in [-0.1, -0.05) is 23.9 Å². The summed E-state index contributed by atoms with van der Waals surface area (Å²) >= 11 is 1.36. The van der Waals surface area contributed by atoms with Crippen LogP contribution >= 0.6 is 11.8 Å². The van der Waals surface area contributed by atoms with Gasteiger partial charge < -0.3 is 0 Å². The Kier molecular flexibility index (Phi) is 5.12. The van der Waals surface area contributed by atoms with Gasteiger partial charge in [0.05, 0.1) is 0 Å². The third kappa shape index (κ3) is 5.37. The van der Waals surface area contributed by atoms with Crippen LogP contribution in [0.1, 0.15) is 24.5 Å². The molecule has 3 heteroatoms. The van der Waals surface area contributed by atoms with Crippen molar-refractivity contribution in [1.82, 2.24) is 4.98 Å². The van der Waals surface area contributed by atoms with Gasteiger partial charge >= 0.3 is 0 Å². The number of aryl methyl sites for hydroxylation is 1. The maximum atomic E-state index is 10.7. The lowest BCUT2D eigenvalue weighted by Crippen LogP contribution is -1.84. The summed E-state index contributed by atoms with van der Waals surface area (Å²) in [6.07, 6.45) is 8.70. The normalized spacial score (nSPS) is 10.8. The summed E-state index contributed by atoms with van der Waals surface area (Å²) in [5.74, 6) is 0.852. The van der Waals surface area contributed by atoms with Gasteiger partial charge in [-0.2, -0.15) is 0 Å². The number of nitrogens with zero attached hydrogens (tertiary/aromatic N) is 1. The number of aromatic nitrogens is 1. The molecule has 0 saturated heterocycles. The molecule has 0 spiro atoms. The Balaban J connectivity index is 2.35. The Morgan fingerprint density at radius 3 is 3.00 bits per heavy atom. The fourth-order valence-corrected chi connectivity index (χ4v) is 1.70. The summed E-state index contributed by atoms with van der Waals surface area (Å²) in [4.78, 5) is 14.8. The van der Waals surface area contributed by atoms with Crippen LogP contribution in [0, 0.1) is 6.92 Å². The molecular formula is C12H15NOS. The van der Waals surface area contributed by atoms with E-state index in [9.17, 15) is 4.79 Å². The van der Waals surface area contributed by atoms with Crippen LogP contribution in [0.2, 0.25) is 0 Å². The molecule has 0 fully saturated rings. The Morgan fingerprint density at radius 1 is 1.53 bits per heavy atom. The van der Waals surface area contributed by atoms with Gasteiger partial charge in [0.15, 0.2) is 5.12 Å². The SMILES string of the molecule is CC(=O)SCCC=Cc1cncc(C)c1. The third-order valence-electron chi connectivity index (χ3n) is 1.80. The van der Waals surface area contributed by atoms with Crippen molar-refractivity contribution in [3.8, 4) is 0 Å². The number of carbonyl (C=O) groups is 1. The van der Waals surface area contributed by atoms with E-state index in [4.69, 9.17) is 0 Å². The zero-order chi connectivity index (χ0) is 11.1. The van der Waals surface area contributed by atoms with Gasteiger partial charge in [-0.15, -0.1) is 0 Å². The van der Waals surface area contributed by atoms with E-state index in [1.165, 1.54) is 11.8 Å². The molecule has 0 aliphatic rings. The van der Waals surface area contributed by atoms with E-state index in [1.807, 2.05) is 25.4 Å². The molecule has 0 aliphatic carbocycles. The van der Waals surface area contributed by atoms with Crippen LogP contribution in [0.4, 0.5) is 0 Å². The van der Waals surface area contributed by atoms with Gasteiger partial charge in [0, 0.05) is 25.1 Å². The van der Waals surface area contributed by atoms with E-state index in [1.54, 1.807) is 6.92 Å². The molecular weight excluding hydrogens is 206 g/mol. The van der Waals surface area contributed by atoms with Crippen LogP contribution in [0.15, 0.2) is 24.5 Å². The highest BCUT2D eigenvalue weighted by Crippen LogP contribution is 2.07. The quantitative estimate of drug-likeness (QED) is 0.732. The zero-order valence-electron chi connectivity index (χ0n) is 9.06. The van der Waals surface area contributed by atoms with Gasteiger partial charge in [0.25, 0.3) is 0 Å². The van der Waals surface area contributed by atoms with Crippen molar-refractivity contribution in [3.63, 3.8) is 0 Å².